The van der Waals surface area contributed by atoms with E-state index in [0.29, 0.717) is 4.32 Å². The molecule has 2 aliphatic rings. The molecule has 8 nitrogen and oxygen atoms in total. The van der Waals surface area contributed by atoms with Gasteiger partial charge in [-0.25, -0.2) is 9.79 Å². The maximum Gasteiger partial charge on any atom is 0.327 e. The molecule has 0 radical (unpaired) electrons. The number of carbonyl (C=O) groups is 1. The lowest BCUT2D eigenvalue weighted by Crippen LogP contribution is -2.55. The number of guanidine groups is 1. The van der Waals surface area contributed by atoms with Crippen LogP contribution in [0.3, 0.4) is 0 Å². The van der Waals surface area contributed by atoms with Gasteiger partial charge >= 0.3 is 6.03 Å². The van der Waals surface area contributed by atoms with E-state index in [1.165, 1.54) is 16.7 Å². The van der Waals surface area contributed by atoms with Crippen molar-refractivity contribution in [3.8, 4) is 0 Å². The van der Waals surface area contributed by atoms with Gasteiger partial charge in [-0.2, -0.15) is 0 Å². The molecule has 4 N–H and O–H groups in total. The minimum atomic E-state index is -0.804. The minimum absolute atomic E-state index is 0.0717. The van der Waals surface area contributed by atoms with Crippen LogP contribution in [0.2, 0.25) is 0 Å². The van der Waals surface area contributed by atoms with Crippen LogP contribution in [-0.2, 0) is 4.74 Å². The Morgan fingerprint density at radius 1 is 1.48 bits per heavy atom. The Morgan fingerprint density at radius 3 is 2.88 bits per heavy atom. The Hall–Kier alpha value is -1.72. The smallest absolute Gasteiger partial charge is 0.327 e. The summed E-state index contributed by atoms with van der Waals surface area (Å²) < 4.78 is 5.94. The number of thiocarbonyl (C=S) groups is 1. The second-order valence-electron chi connectivity index (χ2n) is 5.49. The summed E-state index contributed by atoms with van der Waals surface area (Å²) in [4.78, 5) is 18.8. The SMILES string of the molecule is O=C1NC(NC(=S)Sc2ccccc2)=NCN1[C@H]1C[C@H](O)[C@@H](CO)O1. The average molecular weight is 382 g/mol. The van der Waals surface area contributed by atoms with Gasteiger partial charge in [0.15, 0.2) is 0 Å². The summed E-state index contributed by atoms with van der Waals surface area (Å²) in [7, 11) is 0. The number of carbonyl (C=O) groups excluding carboxylic acids is 1. The first-order chi connectivity index (χ1) is 12.1. The van der Waals surface area contributed by atoms with Crippen molar-refractivity contribution in [3.05, 3.63) is 30.3 Å². The molecule has 3 atom stereocenters. The first kappa shape index (κ1) is 18.1. The van der Waals surface area contributed by atoms with E-state index >= 15 is 0 Å². The van der Waals surface area contributed by atoms with Crippen molar-refractivity contribution in [2.45, 2.75) is 29.8 Å². The summed E-state index contributed by atoms with van der Waals surface area (Å²) in [6, 6.07) is 9.21. The Kier molecular flexibility index (Phi) is 5.86. The van der Waals surface area contributed by atoms with Crippen molar-refractivity contribution in [2.24, 2.45) is 4.99 Å². The third-order valence-corrected chi connectivity index (χ3v) is 4.92. The molecule has 0 aromatic heterocycles. The summed E-state index contributed by atoms with van der Waals surface area (Å²) in [5.74, 6) is 0.270. The molecule has 0 aliphatic carbocycles. The highest BCUT2D eigenvalue weighted by atomic mass is 32.2. The number of aliphatic imine (C=N–C) groups is 1. The fourth-order valence-electron chi connectivity index (χ4n) is 2.51. The van der Waals surface area contributed by atoms with Crippen molar-refractivity contribution >= 4 is 40.3 Å². The molecule has 0 bridgehead atoms. The van der Waals surface area contributed by atoms with Crippen LogP contribution in [-0.4, -0.2) is 63.1 Å². The Balaban J connectivity index is 1.55. The number of amides is 2. The molecule has 3 rings (SSSR count). The standard InChI is InChI=1S/C15H18N4O4S2/c20-7-11-10(21)6-12(23-11)19-8-16-13(17-14(19)22)18-15(24)25-9-4-2-1-3-5-9/h1-5,10-12,20-21H,6-8H2,(H2,16,17,18,22,24)/t10-,11+,12+/m0/s1. The van der Waals surface area contributed by atoms with Crippen LogP contribution < -0.4 is 10.6 Å². The van der Waals surface area contributed by atoms with Gasteiger partial charge in [0.05, 0.1) is 12.7 Å². The monoisotopic (exact) mass is 382 g/mol. The number of nitrogens with one attached hydrogen (secondary N) is 2. The lowest BCUT2D eigenvalue weighted by molar-refractivity contribution is -0.0637. The Bertz CT molecular complexity index is 673. The molecule has 1 saturated heterocycles. The number of thioether (sulfide) groups is 1. The van der Waals surface area contributed by atoms with Crippen LogP contribution in [0.5, 0.6) is 0 Å². The molecule has 0 saturated carbocycles. The van der Waals surface area contributed by atoms with E-state index in [1.807, 2.05) is 30.3 Å². The van der Waals surface area contributed by atoms with E-state index in [0.717, 1.165) is 4.90 Å². The van der Waals surface area contributed by atoms with Crippen molar-refractivity contribution in [1.82, 2.24) is 15.5 Å². The number of aliphatic hydroxyl groups is 2. The predicted octanol–water partition coefficient (Wildman–Crippen LogP) is 0.460. The summed E-state index contributed by atoms with van der Waals surface area (Å²) in [6.07, 6.45) is -1.88. The van der Waals surface area contributed by atoms with Crippen molar-refractivity contribution < 1.29 is 19.7 Å². The fraction of sp³-hybridized carbons (Fsp3) is 0.400. The highest BCUT2D eigenvalue weighted by molar-refractivity contribution is 8.23. The third kappa shape index (κ3) is 4.47. The molecule has 1 fully saturated rings. The lowest BCUT2D eigenvalue weighted by Gasteiger charge is -2.30. The fourth-order valence-corrected chi connectivity index (χ4v) is 3.55. The van der Waals surface area contributed by atoms with E-state index in [2.05, 4.69) is 15.6 Å². The van der Waals surface area contributed by atoms with Gasteiger partial charge in [-0.15, -0.1) is 0 Å². The number of urea groups is 1. The zero-order valence-corrected chi connectivity index (χ0v) is 14.8. The second-order valence-corrected chi connectivity index (χ2v) is 7.24. The number of hydrogen-bond donors (Lipinski definition) is 4. The second kappa shape index (κ2) is 8.11. The van der Waals surface area contributed by atoms with E-state index in [9.17, 15) is 9.90 Å². The first-order valence-corrected chi connectivity index (χ1v) is 8.89. The summed E-state index contributed by atoms with van der Waals surface area (Å²) >= 11 is 6.62. The number of rotatable bonds is 3. The molecular weight excluding hydrogens is 364 g/mol. The third-order valence-electron chi connectivity index (χ3n) is 3.77. The van der Waals surface area contributed by atoms with E-state index in [-0.39, 0.29) is 25.7 Å². The summed E-state index contributed by atoms with van der Waals surface area (Å²) in [5.41, 5.74) is 0. The molecule has 0 unspecified atom stereocenters. The van der Waals surface area contributed by atoms with Gasteiger partial charge in [-0.1, -0.05) is 42.2 Å². The molecule has 0 spiro atoms. The largest absolute Gasteiger partial charge is 0.394 e. The van der Waals surface area contributed by atoms with E-state index in [1.54, 1.807) is 0 Å². The molecule has 2 amide bonds. The number of ether oxygens (including phenoxy) is 1. The zero-order valence-electron chi connectivity index (χ0n) is 13.2. The highest BCUT2D eigenvalue weighted by Gasteiger charge is 2.39. The lowest BCUT2D eigenvalue weighted by atomic mass is 10.2. The van der Waals surface area contributed by atoms with Gasteiger partial charge in [0.1, 0.15) is 23.3 Å². The van der Waals surface area contributed by atoms with Crippen LogP contribution in [0.15, 0.2) is 40.2 Å². The molecule has 1 aromatic carbocycles. The maximum absolute atomic E-state index is 12.3. The Morgan fingerprint density at radius 2 is 2.24 bits per heavy atom. The molecule has 1 aromatic rings. The van der Waals surface area contributed by atoms with Crippen molar-refractivity contribution in [3.63, 3.8) is 0 Å². The van der Waals surface area contributed by atoms with Crippen LogP contribution in [0.4, 0.5) is 4.79 Å². The van der Waals surface area contributed by atoms with Gasteiger partial charge in [0, 0.05) is 11.3 Å². The van der Waals surface area contributed by atoms with Gasteiger partial charge < -0.3 is 20.3 Å². The molecule has 134 valence electrons. The van der Waals surface area contributed by atoms with E-state index in [4.69, 9.17) is 22.1 Å². The summed E-state index contributed by atoms with van der Waals surface area (Å²) in [6.45, 7) is -0.226. The minimum Gasteiger partial charge on any atom is -0.394 e. The molecule has 10 heteroatoms. The predicted molar refractivity (Wildman–Crippen MR) is 97.1 cm³/mol. The molecular formula is C15H18N4O4S2. The van der Waals surface area contributed by atoms with Gasteiger partial charge in [0.25, 0.3) is 0 Å². The van der Waals surface area contributed by atoms with Crippen LogP contribution in [0.1, 0.15) is 6.42 Å². The number of nitrogens with zero attached hydrogens (tertiary/aromatic N) is 2. The number of hydrogen-bond acceptors (Lipinski definition) is 7. The van der Waals surface area contributed by atoms with Crippen molar-refractivity contribution in [2.75, 3.05) is 13.3 Å². The van der Waals surface area contributed by atoms with Crippen LogP contribution in [0, 0.1) is 0 Å². The normalized spacial score (nSPS) is 26.2. The maximum atomic E-state index is 12.3. The van der Waals surface area contributed by atoms with Crippen LogP contribution >= 0.6 is 24.0 Å². The quantitative estimate of drug-likeness (QED) is 0.444. The van der Waals surface area contributed by atoms with Crippen molar-refractivity contribution in [1.29, 1.82) is 0 Å². The summed E-state index contributed by atoms with van der Waals surface area (Å²) in [5, 5.41) is 24.4. The number of benzene rings is 1. The van der Waals surface area contributed by atoms with Gasteiger partial charge in [-0.05, 0) is 12.1 Å². The zero-order chi connectivity index (χ0) is 17.8. The van der Waals surface area contributed by atoms with E-state index < -0.39 is 24.5 Å². The topological polar surface area (TPSA) is 106 Å². The molecule has 2 heterocycles. The van der Waals surface area contributed by atoms with Crippen LogP contribution in [0.25, 0.3) is 0 Å². The highest BCUT2D eigenvalue weighted by Crippen LogP contribution is 2.24. The molecule has 2 aliphatic heterocycles. The first-order valence-electron chi connectivity index (χ1n) is 7.67. The van der Waals surface area contributed by atoms with Gasteiger partial charge in [0.2, 0.25) is 5.96 Å². The average Bonchev–Trinajstić information content (AvgIpc) is 2.96. The van der Waals surface area contributed by atoms with Gasteiger partial charge in [-0.3, -0.25) is 10.2 Å². The Labute approximate surface area is 154 Å². The molecule has 25 heavy (non-hydrogen) atoms. The number of aliphatic hydroxyl groups excluding tert-OH is 2.